The van der Waals surface area contributed by atoms with Gasteiger partial charge in [-0.05, 0) is 44.1 Å². The summed E-state index contributed by atoms with van der Waals surface area (Å²) in [6.07, 6.45) is 7.34. The van der Waals surface area contributed by atoms with Crippen LogP contribution in [-0.2, 0) is 4.79 Å². The average Bonchev–Trinajstić information content (AvgIpc) is 3.36. The molecule has 0 bridgehead atoms. The summed E-state index contributed by atoms with van der Waals surface area (Å²) >= 11 is 0. The summed E-state index contributed by atoms with van der Waals surface area (Å²) in [7, 11) is 0. The Morgan fingerprint density at radius 3 is 2.81 bits per heavy atom. The third-order valence-electron chi connectivity index (χ3n) is 5.21. The van der Waals surface area contributed by atoms with Crippen LogP contribution in [0.15, 0.2) is 24.3 Å². The molecule has 2 saturated carbocycles. The molecule has 4 rings (SSSR count). The van der Waals surface area contributed by atoms with E-state index in [9.17, 15) is 4.79 Å². The van der Waals surface area contributed by atoms with Gasteiger partial charge < -0.3 is 4.90 Å². The van der Waals surface area contributed by atoms with Crippen LogP contribution in [0, 0.1) is 12.8 Å². The summed E-state index contributed by atoms with van der Waals surface area (Å²) in [5.74, 6) is 1.28. The van der Waals surface area contributed by atoms with Crippen molar-refractivity contribution in [3.63, 3.8) is 0 Å². The molecule has 3 fully saturated rings. The topological polar surface area (TPSA) is 32.3 Å². The van der Waals surface area contributed by atoms with Crippen LogP contribution in [0.4, 0.5) is 0 Å². The van der Waals surface area contributed by atoms with Gasteiger partial charge in [0.25, 0.3) is 0 Å². The maximum atomic E-state index is 12.7. The fourth-order valence-corrected chi connectivity index (χ4v) is 3.57. The minimum Gasteiger partial charge on any atom is -0.321 e. The third kappa shape index (κ3) is 2.48. The molecule has 1 N–H and O–H groups in total. The van der Waals surface area contributed by atoms with Gasteiger partial charge in [0.1, 0.15) is 11.7 Å². The van der Waals surface area contributed by atoms with E-state index in [0.717, 1.165) is 31.7 Å². The molecule has 0 aromatic heterocycles. The first kappa shape index (κ1) is 13.3. The molecule has 1 unspecified atom stereocenters. The van der Waals surface area contributed by atoms with Crippen LogP contribution in [0.5, 0.6) is 0 Å². The zero-order valence-electron chi connectivity index (χ0n) is 12.8. The lowest BCUT2D eigenvalue weighted by molar-refractivity contribution is -0.130. The Labute approximate surface area is 126 Å². The predicted octanol–water partition coefficient (Wildman–Crippen LogP) is 3.15. The van der Waals surface area contributed by atoms with Crippen LogP contribution in [0.2, 0.25) is 0 Å². The molecular weight excluding hydrogens is 260 g/mol. The summed E-state index contributed by atoms with van der Waals surface area (Å²) in [4.78, 5) is 14.8. The van der Waals surface area contributed by atoms with Crippen LogP contribution in [-0.4, -0.2) is 22.9 Å². The first-order chi connectivity index (χ1) is 10.2. The van der Waals surface area contributed by atoms with Gasteiger partial charge in [0.15, 0.2) is 0 Å². The second kappa shape index (κ2) is 4.84. The number of rotatable bonds is 5. The first-order valence-corrected chi connectivity index (χ1v) is 8.33. The Morgan fingerprint density at radius 2 is 2.14 bits per heavy atom. The van der Waals surface area contributed by atoms with Crippen LogP contribution in [0.3, 0.4) is 0 Å². The molecule has 3 aliphatic rings. The van der Waals surface area contributed by atoms with Crippen molar-refractivity contribution in [1.29, 1.82) is 0 Å². The van der Waals surface area contributed by atoms with Crippen LogP contribution < -0.4 is 5.32 Å². The van der Waals surface area contributed by atoms with E-state index in [4.69, 9.17) is 0 Å². The number of hydrogen-bond donors (Lipinski definition) is 1. The molecular formula is C18H24N2O. The van der Waals surface area contributed by atoms with Crippen LogP contribution >= 0.6 is 0 Å². The van der Waals surface area contributed by atoms with Crippen molar-refractivity contribution >= 4 is 5.91 Å². The maximum absolute atomic E-state index is 12.7. The lowest BCUT2D eigenvalue weighted by atomic mass is 10.1. The monoisotopic (exact) mass is 284 g/mol. The van der Waals surface area contributed by atoms with E-state index in [1.807, 2.05) is 0 Å². The largest absolute Gasteiger partial charge is 0.321 e. The molecule has 1 atom stereocenters. The van der Waals surface area contributed by atoms with Gasteiger partial charge in [0, 0.05) is 6.54 Å². The SMILES string of the molecule is Cc1cccc(C2NC3(CC3)C(=O)N2CCCC2CC2)c1. The Bertz CT molecular complexity index is 560. The number of aryl methyl sites for hydroxylation is 1. The number of carbonyl (C=O) groups excluding carboxylic acids is 1. The van der Waals surface area contributed by atoms with Gasteiger partial charge >= 0.3 is 0 Å². The summed E-state index contributed by atoms with van der Waals surface area (Å²) in [5, 5.41) is 3.61. The maximum Gasteiger partial charge on any atom is 0.244 e. The Kier molecular flexibility index (Phi) is 3.07. The zero-order chi connectivity index (χ0) is 14.4. The molecule has 0 radical (unpaired) electrons. The average molecular weight is 284 g/mol. The van der Waals surface area contributed by atoms with E-state index in [1.165, 1.54) is 30.4 Å². The minimum atomic E-state index is -0.214. The standard InChI is InChI=1S/C18H24N2O/c1-13-4-2-6-15(12-13)16-19-18(9-10-18)17(21)20(16)11-3-5-14-7-8-14/h2,4,6,12,14,16,19H,3,5,7-11H2,1H3. The number of hydrogen-bond acceptors (Lipinski definition) is 2. The fraction of sp³-hybridized carbons (Fsp3) is 0.611. The molecule has 1 aliphatic heterocycles. The predicted molar refractivity (Wildman–Crippen MR) is 82.7 cm³/mol. The second-order valence-corrected chi connectivity index (χ2v) is 7.13. The Balaban J connectivity index is 1.52. The molecule has 1 heterocycles. The van der Waals surface area contributed by atoms with Crippen molar-refractivity contribution < 1.29 is 4.79 Å². The molecule has 1 saturated heterocycles. The summed E-state index contributed by atoms with van der Waals surface area (Å²) in [6.45, 7) is 3.02. The molecule has 1 spiro atoms. The number of carbonyl (C=O) groups is 1. The third-order valence-corrected chi connectivity index (χ3v) is 5.21. The van der Waals surface area contributed by atoms with Gasteiger partial charge in [-0.1, -0.05) is 42.7 Å². The van der Waals surface area contributed by atoms with E-state index in [-0.39, 0.29) is 11.7 Å². The zero-order valence-corrected chi connectivity index (χ0v) is 12.8. The van der Waals surface area contributed by atoms with Crippen LogP contribution in [0.1, 0.15) is 55.8 Å². The van der Waals surface area contributed by atoms with E-state index in [0.29, 0.717) is 5.91 Å². The number of amides is 1. The smallest absolute Gasteiger partial charge is 0.244 e. The summed E-state index contributed by atoms with van der Waals surface area (Å²) in [5.41, 5.74) is 2.28. The highest BCUT2D eigenvalue weighted by atomic mass is 16.2. The van der Waals surface area contributed by atoms with Gasteiger partial charge in [0.05, 0.1) is 0 Å². The fourth-order valence-electron chi connectivity index (χ4n) is 3.57. The van der Waals surface area contributed by atoms with E-state index >= 15 is 0 Å². The number of benzene rings is 1. The Hall–Kier alpha value is -1.35. The molecule has 112 valence electrons. The van der Waals surface area contributed by atoms with Crippen molar-refractivity contribution in [3.8, 4) is 0 Å². The highest BCUT2D eigenvalue weighted by Crippen LogP contribution is 2.46. The van der Waals surface area contributed by atoms with E-state index in [2.05, 4.69) is 41.4 Å². The molecule has 21 heavy (non-hydrogen) atoms. The Morgan fingerprint density at radius 1 is 1.33 bits per heavy atom. The van der Waals surface area contributed by atoms with Gasteiger partial charge in [-0.3, -0.25) is 10.1 Å². The first-order valence-electron chi connectivity index (χ1n) is 8.33. The lowest BCUT2D eigenvalue weighted by Crippen LogP contribution is -2.33. The normalized spacial score (nSPS) is 26.6. The van der Waals surface area contributed by atoms with Crippen molar-refractivity contribution in [2.45, 2.75) is 57.2 Å². The van der Waals surface area contributed by atoms with Crippen molar-refractivity contribution in [1.82, 2.24) is 10.2 Å². The van der Waals surface area contributed by atoms with Crippen molar-refractivity contribution in [2.75, 3.05) is 6.54 Å². The molecule has 1 aromatic rings. The lowest BCUT2D eigenvalue weighted by Gasteiger charge is -2.25. The highest BCUT2D eigenvalue weighted by molar-refractivity contribution is 5.92. The van der Waals surface area contributed by atoms with Gasteiger partial charge in [-0.2, -0.15) is 0 Å². The molecule has 2 aliphatic carbocycles. The molecule has 1 aromatic carbocycles. The second-order valence-electron chi connectivity index (χ2n) is 7.13. The molecule has 3 nitrogen and oxygen atoms in total. The van der Waals surface area contributed by atoms with Crippen molar-refractivity contribution in [3.05, 3.63) is 35.4 Å². The van der Waals surface area contributed by atoms with Crippen molar-refractivity contribution in [2.24, 2.45) is 5.92 Å². The summed E-state index contributed by atoms with van der Waals surface area (Å²) in [6, 6.07) is 8.56. The number of nitrogens with zero attached hydrogens (tertiary/aromatic N) is 1. The summed E-state index contributed by atoms with van der Waals surface area (Å²) < 4.78 is 0. The van der Waals surface area contributed by atoms with Crippen LogP contribution in [0.25, 0.3) is 0 Å². The minimum absolute atomic E-state index is 0.0825. The molecule has 1 amide bonds. The van der Waals surface area contributed by atoms with Gasteiger partial charge in [-0.15, -0.1) is 0 Å². The van der Waals surface area contributed by atoms with Gasteiger partial charge in [0.2, 0.25) is 5.91 Å². The number of nitrogens with one attached hydrogen (secondary N) is 1. The van der Waals surface area contributed by atoms with E-state index in [1.54, 1.807) is 0 Å². The highest BCUT2D eigenvalue weighted by Gasteiger charge is 2.59. The quantitative estimate of drug-likeness (QED) is 0.901. The van der Waals surface area contributed by atoms with E-state index < -0.39 is 0 Å². The van der Waals surface area contributed by atoms with Gasteiger partial charge in [-0.25, -0.2) is 0 Å². The molecule has 3 heteroatoms.